The fraction of sp³-hybridized carbons (Fsp3) is 0.947. The third-order valence-electron chi connectivity index (χ3n) is 5.82. The van der Waals surface area contributed by atoms with E-state index in [0.29, 0.717) is 25.5 Å². The van der Waals surface area contributed by atoms with E-state index >= 15 is 0 Å². The van der Waals surface area contributed by atoms with Crippen LogP contribution in [0.1, 0.15) is 44.9 Å². The van der Waals surface area contributed by atoms with Gasteiger partial charge >= 0.3 is 0 Å². The van der Waals surface area contributed by atoms with Crippen molar-refractivity contribution in [1.29, 1.82) is 0 Å². The predicted octanol–water partition coefficient (Wildman–Crippen LogP) is 1.82. The van der Waals surface area contributed by atoms with Crippen molar-refractivity contribution in [1.82, 2.24) is 14.7 Å². The molecular weight excluding hydrogens is 302 g/mol. The first-order valence-corrected chi connectivity index (χ1v) is 10.1. The molecule has 24 heavy (non-hydrogen) atoms. The molecule has 0 saturated carbocycles. The van der Waals surface area contributed by atoms with Gasteiger partial charge in [-0.15, -0.1) is 0 Å². The number of carbonyl (C=O) groups is 1. The summed E-state index contributed by atoms with van der Waals surface area (Å²) in [5, 5.41) is 0. The molecule has 0 aromatic rings. The largest absolute Gasteiger partial charge is 0.378 e. The highest BCUT2D eigenvalue weighted by Crippen LogP contribution is 2.20. The number of nitrogens with zero attached hydrogens (tertiary/aromatic N) is 3. The van der Waals surface area contributed by atoms with Gasteiger partial charge in [-0.1, -0.05) is 12.8 Å². The first kappa shape index (κ1) is 18.2. The molecule has 0 spiro atoms. The highest BCUT2D eigenvalue weighted by molar-refractivity contribution is 5.76. The van der Waals surface area contributed by atoms with Crippen LogP contribution in [0.4, 0.5) is 0 Å². The van der Waals surface area contributed by atoms with Gasteiger partial charge in [-0.2, -0.15) is 0 Å². The first-order chi connectivity index (χ1) is 11.8. The highest BCUT2D eigenvalue weighted by atomic mass is 16.5. The van der Waals surface area contributed by atoms with Crippen molar-refractivity contribution in [2.75, 3.05) is 65.6 Å². The third kappa shape index (κ3) is 5.71. The molecule has 3 saturated heterocycles. The number of hydrogen-bond donors (Lipinski definition) is 0. The van der Waals surface area contributed by atoms with Crippen LogP contribution in [0.15, 0.2) is 0 Å². The first-order valence-electron chi connectivity index (χ1n) is 10.1. The van der Waals surface area contributed by atoms with Crippen molar-refractivity contribution in [3.05, 3.63) is 0 Å². The van der Waals surface area contributed by atoms with Crippen LogP contribution in [0.25, 0.3) is 0 Å². The minimum Gasteiger partial charge on any atom is -0.378 e. The Bertz CT molecular complexity index is 377. The molecular formula is C19H35N3O2. The summed E-state index contributed by atoms with van der Waals surface area (Å²) < 4.78 is 5.33. The minimum atomic E-state index is 0.313. The second-order valence-corrected chi connectivity index (χ2v) is 7.77. The van der Waals surface area contributed by atoms with E-state index in [1.165, 1.54) is 71.2 Å². The van der Waals surface area contributed by atoms with Crippen LogP contribution >= 0.6 is 0 Å². The van der Waals surface area contributed by atoms with Crippen LogP contribution in [-0.4, -0.2) is 86.2 Å². The van der Waals surface area contributed by atoms with Crippen molar-refractivity contribution in [3.63, 3.8) is 0 Å². The van der Waals surface area contributed by atoms with Gasteiger partial charge in [-0.05, 0) is 51.2 Å². The molecule has 1 atom stereocenters. The van der Waals surface area contributed by atoms with Gasteiger partial charge in [0.1, 0.15) is 0 Å². The maximum atomic E-state index is 12.3. The number of ether oxygens (including phenoxy) is 1. The molecule has 0 aliphatic carbocycles. The molecule has 5 heteroatoms. The summed E-state index contributed by atoms with van der Waals surface area (Å²) in [5.41, 5.74) is 0. The van der Waals surface area contributed by atoms with E-state index < -0.39 is 0 Å². The molecule has 3 fully saturated rings. The second-order valence-electron chi connectivity index (χ2n) is 7.77. The van der Waals surface area contributed by atoms with E-state index in [0.717, 1.165) is 25.6 Å². The van der Waals surface area contributed by atoms with Crippen LogP contribution in [0, 0.1) is 5.92 Å². The molecule has 0 unspecified atom stereocenters. The van der Waals surface area contributed by atoms with Crippen LogP contribution in [0.5, 0.6) is 0 Å². The molecule has 0 aromatic carbocycles. The fourth-order valence-corrected chi connectivity index (χ4v) is 4.41. The zero-order valence-corrected chi connectivity index (χ0v) is 15.3. The average molecular weight is 338 g/mol. The molecule has 3 aliphatic heterocycles. The van der Waals surface area contributed by atoms with Crippen LogP contribution in [0.3, 0.4) is 0 Å². The van der Waals surface area contributed by atoms with Crippen LogP contribution in [-0.2, 0) is 9.53 Å². The molecule has 3 aliphatic rings. The molecule has 1 amide bonds. The lowest BCUT2D eigenvalue weighted by Gasteiger charge is -2.36. The van der Waals surface area contributed by atoms with Gasteiger partial charge in [-0.25, -0.2) is 0 Å². The van der Waals surface area contributed by atoms with Gasteiger partial charge < -0.3 is 19.4 Å². The number of hydrogen-bond acceptors (Lipinski definition) is 4. The minimum absolute atomic E-state index is 0.313. The van der Waals surface area contributed by atoms with E-state index in [-0.39, 0.29) is 0 Å². The monoisotopic (exact) mass is 337 g/mol. The number of rotatable bonds is 5. The van der Waals surface area contributed by atoms with E-state index in [9.17, 15) is 4.79 Å². The molecule has 0 N–H and O–H groups in total. The maximum absolute atomic E-state index is 12.3. The molecule has 5 nitrogen and oxygen atoms in total. The van der Waals surface area contributed by atoms with Crippen LogP contribution < -0.4 is 0 Å². The Kier molecular flexibility index (Phi) is 7.36. The Morgan fingerprint density at radius 2 is 1.58 bits per heavy atom. The van der Waals surface area contributed by atoms with Crippen molar-refractivity contribution in [3.8, 4) is 0 Å². The summed E-state index contributed by atoms with van der Waals surface area (Å²) in [7, 11) is 0. The van der Waals surface area contributed by atoms with Gasteiger partial charge in [0.25, 0.3) is 0 Å². The van der Waals surface area contributed by atoms with E-state index in [1.807, 2.05) is 4.90 Å². The van der Waals surface area contributed by atoms with Gasteiger partial charge in [0.2, 0.25) is 5.91 Å². The summed E-state index contributed by atoms with van der Waals surface area (Å²) in [6, 6.07) is 0. The number of carbonyl (C=O) groups excluding carboxylic acids is 1. The molecule has 0 bridgehead atoms. The van der Waals surface area contributed by atoms with E-state index in [2.05, 4.69) is 9.80 Å². The molecule has 3 heterocycles. The quantitative estimate of drug-likeness (QED) is 0.767. The number of likely N-dealkylation sites (tertiary alicyclic amines) is 2. The highest BCUT2D eigenvalue weighted by Gasteiger charge is 2.24. The average Bonchev–Trinajstić information content (AvgIpc) is 2.89. The lowest BCUT2D eigenvalue weighted by Crippen LogP contribution is -2.44. The van der Waals surface area contributed by atoms with Crippen molar-refractivity contribution < 1.29 is 9.53 Å². The Hall–Kier alpha value is -0.650. The third-order valence-corrected chi connectivity index (χ3v) is 5.82. The molecule has 0 aromatic heterocycles. The Morgan fingerprint density at radius 1 is 0.875 bits per heavy atom. The number of piperidine rings is 1. The summed E-state index contributed by atoms with van der Waals surface area (Å²) in [6.07, 6.45) is 8.92. The Morgan fingerprint density at radius 3 is 2.33 bits per heavy atom. The SMILES string of the molecule is O=C(CCN1CCC[C@@H](CN2CCCCCC2)C1)N1CCOCC1. The number of amides is 1. The molecule has 0 radical (unpaired) electrons. The normalized spacial score (nSPS) is 27.8. The zero-order chi connectivity index (χ0) is 16.6. The Balaban J connectivity index is 1.37. The summed E-state index contributed by atoms with van der Waals surface area (Å²) in [6.45, 7) is 10.1. The lowest BCUT2D eigenvalue weighted by molar-refractivity contribution is -0.135. The van der Waals surface area contributed by atoms with Crippen molar-refractivity contribution in [2.45, 2.75) is 44.9 Å². The zero-order valence-electron chi connectivity index (χ0n) is 15.3. The van der Waals surface area contributed by atoms with Gasteiger partial charge in [0.15, 0.2) is 0 Å². The maximum Gasteiger partial charge on any atom is 0.224 e. The summed E-state index contributed by atoms with van der Waals surface area (Å²) >= 11 is 0. The fourth-order valence-electron chi connectivity index (χ4n) is 4.41. The van der Waals surface area contributed by atoms with Crippen molar-refractivity contribution in [2.24, 2.45) is 5.92 Å². The molecule has 138 valence electrons. The summed E-state index contributed by atoms with van der Waals surface area (Å²) in [4.78, 5) is 19.5. The van der Waals surface area contributed by atoms with Crippen LogP contribution in [0.2, 0.25) is 0 Å². The topological polar surface area (TPSA) is 36.0 Å². The predicted molar refractivity (Wildman–Crippen MR) is 96.1 cm³/mol. The van der Waals surface area contributed by atoms with E-state index in [4.69, 9.17) is 4.74 Å². The van der Waals surface area contributed by atoms with E-state index in [1.54, 1.807) is 0 Å². The standard InChI is InChI=1S/C19H35N3O2/c23-19(22-12-14-24-15-13-22)7-11-21-10-5-6-18(17-21)16-20-8-3-1-2-4-9-20/h18H,1-17H2/t18-/m0/s1. The second kappa shape index (κ2) is 9.73. The smallest absolute Gasteiger partial charge is 0.224 e. The number of morpholine rings is 1. The molecule has 3 rings (SSSR count). The lowest BCUT2D eigenvalue weighted by atomic mass is 9.97. The van der Waals surface area contributed by atoms with Gasteiger partial charge in [0.05, 0.1) is 13.2 Å². The summed E-state index contributed by atoms with van der Waals surface area (Å²) in [5.74, 6) is 1.11. The Labute approximate surface area is 147 Å². The van der Waals surface area contributed by atoms with Gasteiger partial charge in [-0.3, -0.25) is 4.79 Å². The van der Waals surface area contributed by atoms with Gasteiger partial charge in [0, 0.05) is 39.1 Å². The van der Waals surface area contributed by atoms with Crippen molar-refractivity contribution >= 4 is 5.91 Å².